The summed E-state index contributed by atoms with van der Waals surface area (Å²) in [6.07, 6.45) is 3.78. The maximum Gasteiger partial charge on any atom is 0.126 e. The third kappa shape index (κ3) is 4.64. The Hall–Kier alpha value is -1.74. The summed E-state index contributed by atoms with van der Waals surface area (Å²) >= 11 is 6.11. The maximum absolute atomic E-state index is 6.11. The van der Waals surface area contributed by atoms with Crippen molar-refractivity contribution < 1.29 is 4.74 Å². The Morgan fingerprint density at radius 3 is 2.81 bits per heavy atom. The molecule has 112 valence electrons. The predicted molar refractivity (Wildman–Crippen MR) is 88.2 cm³/mol. The number of anilines is 1. The van der Waals surface area contributed by atoms with E-state index in [4.69, 9.17) is 16.3 Å². The van der Waals surface area contributed by atoms with Crippen LogP contribution in [0.5, 0.6) is 5.75 Å². The van der Waals surface area contributed by atoms with Gasteiger partial charge < -0.3 is 10.1 Å². The molecule has 0 saturated heterocycles. The van der Waals surface area contributed by atoms with Gasteiger partial charge in [0.15, 0.2) is 0 Å². The Labute approximate surface area is 131 Å². The third-order valence-electron chi connectivity index (χ3n) is 3.18. The lowest BCUT2D eigenvalue weighted by Gasteiger charge is -2.10. The summed E-state index contributed by atoms with van der Waals surface area (Å²) in [6, 6.07) is 9.77. The van der Waals surface area contributed by atoms with E-state index in [1.807, 2.05) is 30.3 Å². The van der Waals surface area contributed by atoms with Crippen molar-refractivity contribution in [3.8, 4) is 5.75 Å². The molecule has 0 aliphatic heterocycles. The second-order valence-corrected chi connectivity index (χ2v) is 5.28. The highest BCUT2D eigenvalue weighted by molar-refractivity contribution is 6.31. The summed E-state index contributed by atoms with van der Waals surface area (Å²) in [4.78, 5) is 4.29. The largest absolute Gasteiger partial charge is 0.489 e. The molecular weight excluding hydrogens is 284 g/mol. The average molecular weight is 305 g/mol. The summed E-state index contributed by atoms with van der Waals surface area (Å²) < 4.78 is 5.83. The molecule has 0 unspecified atom stereocenters. The Morgan fingerprint density at radius 1 is 1.19 bits per heavy atom. The maximum atomic E-state index is 6.11. The Kier molecular flexibility index (Phi) is 5.88. The lowest BCUT2D eigenvalue weighted by molar-refractivity contribution is 0.306. The van der Waals surface area contributed by atoms with Gasteiger partial charge in [-0.2, -0.15) is 0 Å². The number of rotatable bonds is 7. The van der Waals surface area contributed by atoms with Crippen molar-refractivity contribution >= 4 is 17.4 Å². The van der Waals surface area contributed by atoms with Crippen LogP contribution in [0.15, 0.2) is 36.5 Å². The van der Waals surface area contributed by atoms with Crippen molar-refractivity contribution in [3.05, 3.63) is 52.7 Å². The highest BCUT2D eigenvalue weighted by Crippen LogP contribution is 2.23. The highest BCUT2D eigenvalue weighted by Gasteiger charge is 2.02. The van der Waals surface area contributed by atoms with Crippen molar-refractivity contribution in [1.29, 1.82) is 0 Å². The van der Waals surface area contributed by atoms with Gasteiger partial charge in [-0.3, -0.25) is 0 Å². The summed E-state index contributed by atoms with van der Waals surface area (Å²) in [5.74, 6) is 1.74. The fourth-order valence-corrected chi connectivity index (χ4v) is 2.24. The Morgan fingerprint density at radius 2 is 2.05 bits per heavy atom. The second-order valence-electron chi connectivity index (χ2n) is 4.87. The molecule has 21 heavy (non-hydrogen) atoms. The van der Waals surface area contributed by atoms with Gasteiger partial charge in [0.2, 0.25) is 0 Å². The van der Waals surface area contributed by atoms with Gasteiger partial charge in [0.1, 0.15) is 18.2 Å². The van der Waals surface area contributed by atoms with Gasteiger partial charge >= 0.3 is 0 Å². The molecule has 3 nitrogen and oxygen atoms in total. The molecule has 0 aliphatic rings. The molecule has 0 bridgehead atoms. The van der Waals surface area contributed by atoms with E-state index in [9.17, 15) is 0 Å². The van der Waals surface area contributed by atoms with E-state index in [1.165, 1.54) is 0 Å². The topological polar surface area (TPSA) is 34.1 Å². The van der Waals surface area contributed by atoms with Crippen LogP contribution in [0.1, 0.15) is 31.4 Å². The minimum Gasteiger partial charge on any atom is -0.489 e. The Balaban J connectivity index is 1.99. The zero-order valence-electron chi connectivity index (χ0n) is 12.5. The molecule has 0 saturated carbocycles. The van der Waals surface area contributed by atoms with Gasteiger partial charge in [0, 0.05) is 17.8 Å². The molecule has 1 heterocycles. The third-order valence-corrected chi connectivity index (χ3v) is 3.55. The lowest BCUT2D eigenvalue weighted by Crippen LogP contribution is -2.03. The van der Waals surface area contributed by atoms with E-state index in [0.717, 1.165) is 47.1 Å². The van der Waals surface area contributed by atoms with E-state index < -0.39 is 0 Å². The van der Waals surface area contributed by atoms with Crippen LogP contribution in [0.25, 0.3) is 0 Å². The lowest BCUT2D eigenvalue weighted by atomic mass is 10.1. The summed E-state index contributed by atoms with van der Waals surface area (Å²) in [5.41, 5.74) is 2.20. The molecule has 0 atom stereocenters. The quantitative estimate of drug-likeness (QED) is 0.805. The molecule has 4 heteroatoms. The smallest absolute Gasteiger partial charge is 0.126 e. The van der Waals surface area contributed by atoms with Crippen LogP contribution >= 0.6 is 11.6 Å². The number of pyridine rings is 1. The monoisotopic (exact) mass is 304 g/mol. The molecule has 0 radical (unpaired) electrons. The van der Waals surface area contributed by atoms with Crippen LogP contribution in [0.3, 0.4) is 0 Å². The number of ether oxygens (including phenoxy) is 1. The fourth-order valence-electron chi connectivity index (χ4n) is 1.99. The molecule has 0 aliphatic carbocycles. The first-order valence-corrected chi connectivity index (χ1v) is 7.70. The first-order chi connectivity index (χ1) is 10.2. The number of hydrogen-bond acceptors (Lipinski definition) is 3. The minimum absolute atomic E-state index is 0.522. The first kappa shape index (κ1) is 15.6. The predicted octanol–water partition coefficient (Wildman–Crippen LogP) is 4.70. The van der Waals surface area contributed by atoms with Crippen LogP contribution in [0.2, 0.25) is 5.02 Å². The van der Waals surface area contributed by atoms with E-state index in [2.05, 4.69) is 24.1 Å². The zero-order valence-corrected chi connectivity index (χ0v) is 13.3. The van der Waals surface area contributed by atoms with E-state index >= 15 is 0 Å². The van der Waals surface area contributed by atoms with Crippen molar-refractivity contribution in [3.63, 3.8) is 0 Å². The number of aryl methyl sites for hydroxylation is 1. The van der Waals surface area contributed by atoms with Crippen LogP contribution < -0.4 is 10.1 Å². The minimum atomic E-state index is 0.522. The molecule has 1 N–H and O–H groups in total. The van der Waals surface area contributed by atoms with Crippen molar-refractivity contribution in [2.45, 2.75) is 33.3 Å². The van der Waals surface area contributed by atoms with Crippen LogP contribution in [-0.2, 0) is 13.0 Å². The van der Waals surface area contributed by atoms with Crippen molar-refractivity contribution in [2.75, 3.05) is 11.9 Å². The number of nitrogens with one attached hydrogen (secondary N) is 1. The molecule has 0 amide bonds. The van der Waals surface area contributed by atoms with E-state index in [0.29, 0.717) is 6.61 Å². The first-order valence-electron chi connectivity index (χ1n) is 7.33. The van der Waals surface area contributed by atoms with Crippen LogP contribution in [0.4, 0.5) is 5.82 Å². The standard InChI is InChI=1S/C17H21ClN2O/c1-3-8-19-17-10-13(7-9-20-17)12-21-15-5-6-16(18)14(4-2)11-15/h5-7,9-11H,3-4,8,12H2,1-2H3,(H,19,20). The number of halogens is 1. The van der Waals surface area contributed by atoms with Gasteiger partial charge in [-0.05, 0) is 54.3 Å². The summed E-state index contributed by atoms with van der Waals surface area (Å²) in [6.45, 7) is 5.66. The average Bonchev–Trinajstić information content (AvgIpc) is 2.52. The van der Waals surface area contributed by atoms with Gasteiger partial charge in [-0.25, -0.2) is 4.98 Å². The Bertz CT molecular complexity index is 587. The van der Waals surface area contributed by atoms with E-state index in [1.54, 1.807) is 6.20 Å². The number of aromatic nitrogens is 1. The molecule has 1 aromatic heterocycles. The normalized spacial score (nSPS) is 10.4. The van der Waals surface area contributed by atoms with Gasteiger partial charge in [0.05, 0.1) is 0 Å². The molecular formula is C17H21ClN2O. The number of nitrogens with zero attached hydrogens (tertiary/aromatic N) is 1. The summed E-state index contributed by atoms with van der Waals surface area (Å²) in [7, 11) is 0. The van der Waals surface area contributed by atoms with Gasteiger partial charge in [0.25, 0.3) is 0 Å². The van der Waals surface area contributed by atoms with Gasteiger partial charge in [-0.15, -0.1) is 0 Å². The molecule has 1 aromatic carbocycles. The molecule has 0 fully saturated rings. The van der Waals surface area contributed by atoms with Crippen molar-refractivity contribution in [2.24, 2.45) is 0 Å². The molecule has 2 aromatic rings. The zero-order chi connectivity index (χ0) is 15.1. The number of benzene rings is 1. The van der Waals surface area contributed by atoms with Crippen molar-refractivity contribution in [1.82, 2.24) is 4.98 Å². The SMILES string of the molecule is CCCNc1cc(COc2ccc(Cl)c(CC)c2)ccn1. The van der Waals surface area contributed by atoms with E-state index in [-0.39, 0.29) is 0 Å². The second kappa shape index (κ2) is 7.89. The summed E-state index contributed by atoms with van der Waals surface area (Å²) in [5, 5.41) is 4.07. The van der Waals surface area contributed by atoms with Crippen LogP contribution in [-0.4, -0.2) is 11.5 Å². The number of hydrogen-bond donors (Lipinski definition) is 1. The van der Waals surface area contributed by atoms with Gasteiger partial charge in [-0.1, -0.05) is 25.4 Å². The highest BCUT2D eigenvalue weighted by atomic mass is 35.5. The fraction of sp³-hybridized carbons (Fsp3) is 0.353. The van der Waals surface area contributed by atoms with Crippen LogP contribution in [0, 0.1) is 0 Å². The molecule has 0 spiro atoms. The molecule has 2 rings (SSSR count).